The van der Waals surface area contributed by atoms with Crippen molar-refractivity contribution in [3.05, 3.63) is 23.8 Å². The van der Waals surface area contributed by atoms with Crippen LogP contribution in [0.4, 0.5) is 5.69 Å². The van der Waals surface area contributed by atoms with Gasteiger partial charge in [-0.15, -0.1) is 0 Å². The van der Waals surface area contributed by atoms with Crippen molar-refractivity contribution in [1.29, 1.82) is 5.26 Å². The van der Waals surface area contributed by atoms with Crippen LogP contribution in [0.2, 0.25) is 0 Å². The quantitative estimate of drug-likeness (QED) is 0.821. The second-order valence-corrected chi connectivity index (χ2v) is 6.83. The lowest BCUT2D eigenvalue weighted by atomic mass is 10.1. The van der Waals surface area contributed by atoms with Crippen LogP contribution in [0, 0.1) is 11.3 Å². The standard InChI is InChI=1S/C14H18N2OS/c1-14(2)10-16(6-7-18-14)13-8-12(17-3)5-4-11(13)9-15/h4-5,8H,6-7,10H2,1-3H3. The van der Waals surface area contributed by atoms with Gasteiger partial charge in [0.2, 0.25) is 0 Å². The highest BCUT2D eigenvalue weighted by molar-refractivity contribution is 8.00. The minimum absolute atomic E-state index is 0.230. The average Bonchev–Trinajstić information content (AvgIpc) is 2.36. The SMILES string of the molecule is COc1ccc(C#N)c(N2CCSC(C)(C)C2)c1. The topological polar surface area (TPSA) is 36.3 Å². The van der Waals surface area contributed by atoms with Gasteiger partial charge >= 0.3 is 0 Å². The molecule has 1 aromatic carbocycles. The van der Waals surface area contributed by atoms with Crippen LogP contribution >= 0.6 is 11.8 Å². The van der Waals surface area contributed by atoms with Crippen molar-refractivity contribution in [2.45, 2.75) is 18.6 Å². The molecule has 1 heterocycles. The third-order valence-corrected chi connectivity index (χ3v) is 4.39. The largest absolute Gasteiger partial charge is 0.497 e. The Bertz CT molecular complexity index is 479. The molecule has 1 aromatic rings. The van der Waals surface area contributed by atoms with Crippen LogP contribution in [0.1, 0.15) is 19.4 Å². The molecule has 0 bridgehead atoms. The Kier molecular flexibility index (Phi) is 3.72. The number of methoxy groups -OCH3 is 1. The minimum atomic E-state index is 0.230. The number of anilines is 1. The maximum Gasteiger partial charge on any atom is 0.121 e. The average molecular weight is 262 g/mol. The van der Waals surface area contributed by atoms with Crippen molar-refractivity contribution < 1.29 is 4.74 Å². The highest BCUT2D eigenvalue weighted by Crippen LogP contribution is 2.34. The third kappa shape index (κ3) is 2.73. The normalized spacial score (nSPS) is 18.2. The summed E-state index contributed by atoms with van der Waals surface area (Å²) in [7, 11) is 1.65. The number of thioether (sulfide) groups is 1. The molecule has 1 fully saturated rings. The summed E-state index contributed by atoms with van der Waals surface area (Å²) < 4.78 is 5.49. The van der Waals surface area contributed by atoms with Crippen molar-refractivity contribution in [3.8, 4) is 11.8 Å². The molecule has 0 aliphatic carbocycles. The Morgan fingerprint density at radius 1 is 1.44 bits per heavy atom. The van der Waals surface area contributed by atoms with E-state index in [9.17, 15) is 5.26 Å². The lowest BCUT2D eigenvalue weighted by molar-refractivity contribution is 0.414. The lowest BCUT2D eigenvalue weighted by Gasteiger charge is -2.39. The molecule has 0 unspecified atom stereocenters. The van der Waals surface area contributed by atoms with Gasteiger partial charge in [-0.2, -0.15) is 17.0 Å². The number of hydrogen-bond donors (Lipinski definition) is 0. The highest BCUT2D eigenvalue weighted by atomic mass is 32.2. The summed E-state index contributed by atoms with van der Waals surface area (Å²) >= 11 is 1.99. The minimum Gasteiger partial charge on any atom is -0.497 e. The first kappa shape index (κ1) is 13.1. The monoisotopic (exact) mass is 262 g/mol. The number of nitriles is 1. The molecule has 0 radical (unpaired) electrons. The van der Waals surface area contributed by atoms with Crippen LogP contribution in [0.3, 0.4) is 0 Å². The van der Waals surface area contributed by atoms with E-state index >= 15 is 0 Å². The van der Waals surface area contributed by atoms with Crippen LogP contribution in [0.25, 0.3) is 0 Å². The first-order valence-electron chi connectivity index (χ1n) is 6.03. The fourth-order valence-corrected chi connectivity index (χ4v) is 3.33. The van der Waals surface area contributed by atoms with Crippen molar-refractivity contribution >= 4 is 17.4 Å². The van der Waals surface area contributed by atoms with E-state index in [1.807, 2.05) is 30.0 Å². The Morgan fingerprint density at radius 3 is 2.83 bits per heavy atom. The number of nitrogens with zero attached hydrogens (tertiary/aromatic N) is 2. The molecule has 1 saturated heterocycles. The summed E-state index contributed by atoms with van der Waals surface area (Å²) in [5, 5.41) is 9.22. The molecular formula is C14H18N2OS. The Morgan fingerprint density at radius 2 is 2.22 bits per heavy atom. The van der Waals surface area contributed by atoms with Crippen LogP contribution in [-0.4, -0.2) is 30.7 Å². The van der Waals surface area contributed by atoms with E-state index < -0.39 is 0 Å². The van der Waals surface area contributed by atoms with Crippen LogP contribution in [-0.2, 0) is 0 Å². The molecule has 4 heteroatoms. The van der Waals surface area contributed by atoms with E-state index in [1.165, 1.54) is 0 Å². The molecule has 0 N–H and O–H groups in total. The van der Waals surface area contributed by atoms with Gasteiger partial charge < -0.3 is 9.64 Å². The maximum atomic E-state index is 9.22. The molecule has 1 aliphatic heterocycles. The number of hydrogen-bond acceptors (Lipinski definition) is 4. The first-order chi connectivity index (χ1) is 8.55. The van der Waals surface area contributed by atoms with Crippen molar-refractivity contribution in [3.63, 3.8) is 0 Å². The Hall–Kier alpha value is -1.34. The molecule has 96 valence electrons. The second kappa shape index (κ2) is 5.11. The highest BCUT2D eigenvalue weighted by Gasteiger charge is 2.28. The van der Waals surface area contributed by atoms with Gasteiger partial charge in [-0.25, -0.2) is 0 Å². The van der Waals surface area contributed by atoms with Gasteiger partial charge in [0.25, 0.3) is 0 Å². The van der Waals surface area contributed by atoms with Crippen molar-refractivity contribution in [1.82, 2.24) is 0 Å². The van der Waals surface area contributed by atoms with E-state index in [4.69, 9.17) is 4.74 Å². The van der Waals surface area contributed by atoms with Gasteiger partial charge in [-0.05, 0) is 26.0 Å². The van der Waals surface area contributed by atoms with E-state index in [0.29, 0.717) is 0 Å². The van der Waals surface area contributed by atoms with E-state index in [-0.39, 0.29) is 4.75 Å². The summed E-state index contributed by atoms with van der Waals surface area (Å²) in [4.78, 5) is 2.29. The fourth-order valence-electron chi connectivity index (χ4n) is 2.22. The van der Waals surface area contributed by atoms with Crippen LogP contribution in [0.15, 0.2) is 18.2 Å². The molecule has 0 aromatic heterocycles. The number of benzene rings is 1. The predicted octanol–water partition coefficient (Wildman–Crippen LogP) is 2.90. The zero-order valence-electron chi connectivity index (χ0n) is 11.1. The summed E-state index contributed by atoms with van der Waals surface area (Å²) in [6, 6.07) is 7.91. The van der Waals surface area contributed by atoms with Crippen LogP contribution in [0.5, 0.6) is 5.75 Å². The molecule has 0 saturated carbocycles. The second-order valence-electron chi connectivity index (χ2n) is 5.02. The first-order valence-corrected chi connectivity index (χ1v) is 7.01. The molecule has 3 nitrogen and oxygen atoms in total. The molecule has 2 rings (SSSR count). The summed E-state index contributed by atoms with van der Waals surface area (Å²) in [6.45, 7) is 6.43. The van der Waals surface area contributed by atoms with Gasteiger partial charge in [0.05, 0.1) is 18.4 Å². The maximum absolute atomic E-state index is 9.22. The molecule has 18 heavy (non-hydrogen) atoms. The lowest BCUT2D eigenvalue weighted by Crippen LogP contribution is -2.43. The smallest absolute Gasteiger partial charge is 0.121 e. The van der Waals surface area contributed by atoms with E-state index in [2.05, 4.69) is 24.8 Å². The number of ether oxygens (including phenoxy) is 1. The molecule has 0 atom stereocenters. The Balaban J connectivity index is 2.34. The van der Waals surface area contributed by atoms with Gasteiger partial charge in [-0.1, -0.05) is 0 Å². The van der Waals surface area contributed by atoms with Gasteiger partial charge in [-0.3, -0.25) is 0 Å². The summed E-state index contributed by atoms with van der Waals surface area (Å²) in [5.41, 5.74) is 1.71. The Labute approximate surface area is 113 Å². The van der Waals surface area contributed by atoms with E-state index in [1.54, 1.807) is 7.11 Å². The summed E-state index contributed by atoms with van der Waals surface area (Å²) in [5.74, 6) is 1.90. The molecular weight excluding hydrogens is 244 g/mol. The zero-order chi connectivity index (χ0) is 13.2. The molecule has 1 aliphatic rings. The third-order valence-electron chi connectivity index (χ3n) is 3.09. The van der Waals surface area contributed by atoms with Crippen molar-refractivity contribution in [2.24, 2.45) is 0 Å². The van der Waals surface area contributed by atoms with Crippen LogP contribution < -0.4 is 9.64 Å². The predicted molar refractivity (Wildman–Crippen MR) is 76.5 cm³/mol. The zero-order valence-corrected chi connectivity index (χ0v) is 11.9. The fraction of sp³-hybridized carbons (Fsp3) is 0.500. The molecule has 0 amide bonds. The number of rotatable bonds is 2. The van der Waals surface area contributed by atoms with Gasteiger partial charge in [0.15, 0.2) is 0 Å². The summed E-state index contributed by atoms with van der Waals surface area (Å²) in [6.07, 6.45) is 0. The van der Waals surface area contributed by atoms with Gasteiger partial charge in [0, 0.05) is 29.7 Å². The van der Waals surface area contributed by atoms with Gasteiger partial charge in [0.1, 0.15) is 11.8 Å². The molecule has 0 spiro atoms. The van der Waals surface area contributed by atoms with Crippen molar-refractivity contribution in [2.75, 3.05) is 30.9 Å². The van der Waals surface area contributed by atoms with E-state index in [0.717, 1.165) is 35.8 Å².